The molecule has 0 aliphatic heterocycles. The molecule has 2 aromatic carbocycles. The molecule has 0 atom stereocenters. The molecule has 6 heteroatoms. The lowest BCUT2D eigenvalue weighted by Gasteiger charge is -2.15. The maximum atomic E-state index is 6.17. The lowest BCUT2D eigenvalue weighted by atomic mass is 10.0. The Morgan fingerprint density at radius 1 is 1.04 bits per heavy atom. The zero-order valence-electron chi connectivity index (χ0n) is 16.4. The van der Waals surface area contributed by atoms with Crippen LogP contribution in [0.25, 0.3) is 0 Å². The molecule has 3 aromatic rings. The maximum absolute atomic E-state index is 6.17. The first-order chi connectivity index (χ1) is 13.2. The number of nitrogens with zero attached hydrogens (tertiary/aromatic N) is 3. The summed E-state index contributed by atoms with van der Waals surface area (Å²) in [5, 5.41) is 3.30. The highest BCUT2D eigenvalue weighted by molar-refractivity contribution is 14.0. The molecule has 0 fully saturated rings. The van der Waals surface area contributed by atoms with Crippen molar-refractivity contribution in [3.8, 4) is 0 Å². The van der Waals surface area contributed by atoms with Gasteiger partial charge in [-0.15, -0.1) is 24.0 Å². The number of aromatic nitrogens is 2. The summed E-state index contributed by atoms with van der Waals surface area (Å²) in [7, 11) is 0. The summed E-state index contributed by atoms with van der Waals surface area (Å²) in [6.45, 7) is 5.51. The number of hydrogen-bond donors (Lipinski definition) is 2. The first-order valence-corrected chi connectivity index (χ1v) is 9.42. The number of imidazole rings is 1. The van der Waals surface area contributed by atoms with E-state index < -0.39 is 0 Å². The van der Waals surface area contributed by atoms with Crippen LogP contribution in [0, 0.1) is 0 Å². The number of aryl methyl sites for hydroxylation is 2. The number of nitrogens with two attached hydrogens (primary N) is 1. The Morgan fingerprint density at radius 3 is 2.36 bits per heavy atom. The van der Waals surface area contributed by atoms with E-state index in [2.05, 4.69) is 64.0 Å². The van der Waals surface area contributed by atoms with Crippen LogP contribution >= 0.6 is 24.0 Å². The highest BCUT2D eigenvalue weighted by atomic mass is 127. The predicted molar refractivity (Wildman–Crippen MR) is 127 cm³/mol. The maximum Gasteiger partial charge on any atom is 0.193 e. The van der Waals surface area contributed by atoms with Gasteiger partial charge in [0.05, 0.1) is 0 Å². The van der Waals surface area contributed by atoms with E-state index in [0.717, 1.165) is 30.9 Å². The van der Waals surface area contributed by atoms with Crippen LogP contribution in [0.3, 0.4) is 0 Å². The summed E-state index contributed by atoms with van der Waals surface area (Å²) < 4.78 is 2.10. The second-order valence-corrected chi connectivity index (χ2v) is 6.44. The van der Waals surface area contributed by atoms with Crippen LogP contribution in [0.5, 0.6) is 0 Å². The Labute approximate surface area is 184 Å². The molecule has 0 saturated heterocycles. The van der Waals surface area contributed by atoms with Gasteiger partial charge in [0.1, 0.15) is 12.4 Å². The molecule has 0 aliphatic carbocycles. The summed E-state index contributed by atoms with van der Waals surface area (Å²) >= 11 is 0. The van der Waals surface area contributed by atoms with E-state index in [0.29, 0.717) is 12.5 Å². The number of benzene rings is 2. The molecule has 0 spiro atoms. The minimum atomic E-state index is 0. The molecule has 0 saturated carbocycles. The van der Waals surface area contributed by atoms with Crippen LogP contribution in [-0.4, -0.2) is 15.5 Å². The molecule has 28 heavy (non-hydrogen) atoms. The molecule has 0 bridgehead atoms. The van der Waals surface area contributed by atoms with Crippen molar-refractivity contribution in [2.45, 2.75) is 39.8 Å². The molecule has 3 rings (SSSR count). The zero-order valence-corrected chi connectivity index (χ0v) is 18.8. The van der Waals surface area contributed by atoms with E-state index in [-0.39, 0.29) is 24.0 Å². The van der Waals surface area contributed by atoms with Gasteiger partial charge in [-0.1, -0.05) is 62.4 Å². The Bertz CT molecular complexity index is 880. The quantitative estimate of drug-likeness (QED) is 0.290. The van der Waals surface area contributed by atoms with E-state index in [1.807, 2.05) is 24.4 Å². The Hall–Kier alpha value is -2.35. The van der Waals surface area contributed by atoms with Crippen molar-refractivity contribution in [2.24, 2.45) is 10.7 Å². The van der Waals surface area contributed by atoms with Crippen LogP contribution in [0.1, 0.15) is 36.4 Å². The van der Waals surface area contributed by atoms with Gasteiger partial charge >= 0.3 is 0 Å². The molecule has 0 unspecified atom stereocenters. The van der Waals surface area contributed by atoms with E-state index in [1.165, 1.54) is 16.7 Å². The number of rotatable bonds is 7. The van der Waals surface area contributed by atoms with E-state index in [1.54, 1.807) is 6.20 Å². The van der Waals surface area contributed by atoms with Gasteiger partial charge in [0, 0.05) is 24.6 Å². The second kappa shape index (κ2) is 10.8. The molecule has 1 heterocycles. The smallest absolute Gasteiger partial charge is 0.193 e. The van der Waals surface area contributed by atoms with Crippen LogP contribution in [-0.2, 0) is 25.9 Å². The highest BCUT2D eigenvalue weighted by Crippen LogP contribution is 2.22. The monoisotopic (exact) mass is 489 g/mol. The van der Waals surface area contributed by atoms with Gasteiger partial charge < -0.3 is 15.6 Å². The fourth-order valence-electron chi connectivity index (χ4n) is 3.14. The number of nitrogens with one attached hydrogen (secondary N) is 1. The van der Waals surface area contributed by atoms with Gasteiger partial charge in [-0.05, 0) is 29.5 Å². The fraction of sp³-hybridized carbons (Fsp3) is 0.273. The summed E-state index contributed by atoms with van der Waals surface area (Å²) in [5.74, 6) is 1.31. The molecule has 0 radical (unpaired) electrons. The average Bonchev–Trinajstić information content (AvgIpc) is 3.14. The first-order valence-electron chi connectivity index (χ1n) is 9.42. The lowest BCUT2D eigenvalue weighted by Crippen LogP contribution is -2.24. The summed E-state index contributed by atoms with van der Waals surface area (Å²) in [6, 6.07) is 16.7. The van der Waals surface area contributed by atoms with E-state index in [4.69, 9.17) is 5.73 Å². The molecule has 148 valence electrons. The van der Waals surface area contributed by atoms with Crippen molar-refractivity contribution in [2.75, 3.05) is 5.32 Å². The van der Waals surface area contributed by atoms with Crippen LogP contribution in [0.4, 0.5) is 5.69 Å². The van der Waals surface area contributed by atoms with Gasteiger partial charge in [-0.3, -0.25) is 0 Å². The molecule has 1 aromatic heterocycles. The molecule has 3 N–H and O–H groups in total. The van der Waals surface area contributed by atoms with Crippen molar-refractivity contribution < 1.29 is 0 Å². The third-order valence-electron chi connectivity index (χ3n) is 4.64. The largest absolute Gasteiger partial charge is 0.370 e. The molecule has 5 nitrogen and oxygen atoms in total. The summed E-state index contributed by atoms with van der Waals surface area (Å²) in [6.07, 6.45) is 5.68. The Kier molecular flexibility index (Phi) is 8.50. The number of aliphatic imine (C=N–C) groups is 1. The summed E-state index contributed by atoms with van der Waals surface area (Å²) in [5.41, 5.74) is 11.0. The standard InChI is InChI=1S/C22H27N5.HI/c1-3-18-11-8-12-19(4-2)21(18)26-22(23)25-15-20-24-13-14-27(20)16-17-9-6-5-7-10-17;/h5-14H,3-4,15-16H2,1-2H3,(H3,23,25,26);1H. The third-order valence-corrected chi connectivity index (χ3v) is 4.64. The second-order valence-electron chi connectivity index (χ2n) is 6.44. The number of guanidine groups is 1. The van der Waals surface area contributed by atoms with Crippen molar-refractivity contribution in [3.05, 3.63) is 83.4 Å². The van der Waals surface area contributed by atoms with Crippen LogP contribution in [0.15, 0.2) is 65.9 Å². The van der Waals surface area contributed by atoms with Crippen molar-refractivity contribution in [1.29, 1.82) is 0 Å². The average molecular weight is 489 g/mol. The minimum absolute atomic E-state index is 0. The topological polar surface area (TPSA) is 68.2 Å². The number of anilines is 1. The van der Waals surface area contributed by atoms with Gasteiger partial charge in [-0.2, -0.15) is 0 Å². The minimum Gasteiger partial charge on any atom is -0.370 e. The molecular weight excluding hydrogens is 461 g/mol. The Morgan fingerprint density at radius 2 is 1.71 bits per heavy atom. The third kappa shape index (κ3) is 5.58. The van der Waals surface area contributed by atoms with Crippen LogP contribution < -0.4 is 11.1 Å². The first kappa shape index (κ1) is 21.9. The zero-order chi connectivity index (χ0) is 19.1. The molecular formula is C22H28IN5. The van der Waals surface area contributed by atoms with E-state index >= 15 is 0 Å². The number of halogens is 1. The van der Waals surface area contributed by atoms with Gasteiger partial charge in [0.15, 0.2) is 5.96 Å². The van der Waals surface area contributed by atoms with E-state index in [9.17, 15) is 0 Å². The Balaban J connectivity index is 0.00000280. The highest BCUT2D eigenvalue weighted by Gasteiger charge is 2.08. The normalized spacial score (nSPS) is 11.1. The summed E-state index contributed by atoms with van der Waals surface area (Å²) in [4.78, 5) is 8.95. The van der Waals surface area contributed by atoms with Crippen LogP contribution in [0.2, 0.25) is 0 Å². The SMILES string of the molecule is CCc1cccc(CC)c1NC(N)=NCc1nccn1Cc1ccccc1.I. The lowest BCUT2D eigenvalue weighted by molar-refractivity contribution is 0.724. The predicted octanol–water partition coefficient (Wildman–Crippen LogP) is 4.60. The van der Waals surface area contributed by atoms with Gasteiger partial charge in [0.2, 0.25) is 0 Å². The molecule has 0 aliphatic rings. The molecule has 0 amide bonds. The number of para-hydroxylation sites is 1. The van der Waals surface area contributed by atoms with Crippen molar-refractivity contribution >= 4 is 35.6 Å². The number of hydrogen-bond acceptors (Lipinski definition) is 2. The van der Waals surface area contributed by atoms with Crippen molar-refractivity contribution in [3.63, 3.8) is 0 Å². The van der Waals surface area contributed by atoms with Crippen molar-refractivity contribution in [1.82, 2.24) is 9.55 Å². The fourth-order valence-corrected chi connectivity index (χ4v) is 3.14. The van der Waals surface area contributed by atoms with Gasteiger partial charge in [-0.25, -0.2) is 9.98 Å². The van der Waals surface area contributed by atoms with Gasteiger partial charge in [0.25, 0.3) is 0 Å².